The molecule has 0 unspecified atom stereocenters. The number of halogens is 1. The van der Waals surface area contributed by atoms with E-state index in [1.54, 1.807) is 0 Å². The molecule has 0 aliphatic rings. The summed E-state index contributed by atoms with van der Waals surface area (Å²) in [5, 5.41) is 1.52. The first-order chi connectivity index (χ1) is 11.3. The van der Waals surface area contributed by atoms with Crippen molar-refractivity contribution in [1.82, 2.24) is 9.97 Å². The number of rotatable bonds is 2. The third-order valence-corrected chi connectivity index (χ3v) is 4.02. The maximum absolute atomic E-state index is 6.29. The minimum atomic E-state index is 0.474. The maximum atomic E-state index is 6.29. The summed E-state index contributed by atoms with van der Waals surface area (Å²) in [5.74, 6) is 0. The van der Waals surface area contributed by atoms with Crippen molar-refractivity contribution < 1.29 is 0 Å². The Labute approximate surface area is 139 Å². The molecule has 2 aromatic heterocycles. The Morgan fingerprint density at radius 2 is 1.39 bits per heavy atom. The van der Waals surface area contributed by atoms with Crippen molar-refractivity contribution in [1.29, 1.82) is 0 Å². The summed E-state index contributed by atoms with van der Waals surface area (Å²) in [6.07, 6.45) is 1.83. The lowest BCUT2D eigenvalue weighted by Crippen LogP contribution is -1.92. The van der Waals surface area contributed by atoms with E-state index in [1.807, 2.05) is 66.9 Å². The molecule has 0 saturated heterocycles. The molecule has 0 radical (unpaired) electrons. The van der Waals surface area contributed by atoms with Crippen LogP contribution in [-0.4, -0.2) is 9.97 Å². The fourth-order valence-corrected chi connectivity index (χ4v) is 2.98. The molecule has 23 heavy (non-hydrogen) atoms. The summed E-state index contributed by atoms with van der Waals surface area (Å²) in [6, 6.07) is 24.2. The van der Waals surface area contributed by atoms with Crippen molar-refractivity contribution in [3.63, 3.8) is 0 Å². The highest BCUT2D eigenvalue weighted by Crippen LogP contribution is 2.33. The van der Waals surface area contributed by atoms with Gasteiger partial charge in [-0.1, -0.05) is 72.3 Å². The second kappa shape index (κ2) is 5.82. The topological polar surface area (TPSA) is 25.8 Å². The summed E-state index contributed by atoms with van der Waals surface area (Å²) in [4.78, 5) is 9.07. The fraction of sp³-hybridized carbons (Fsp3) is 0. The van der Waals surface area contributed by atoms with E-state index >= 15 is 0 Å². The number of pyridine rings is 2. The van der Waals surface area contributed by atoms with Crippen LogP contribution in [0.2, 0.25) is 5.15 Å². The predicted octanol–water partition coefficient (Wildman–Crippen LogP) is 5.62. The van der Waals surface area contributed by atoms with Gasteiger partial charge in [-0.2, -0.15) is 0 Å². The van der Waals surface area contributed by atoms with Crippen LogP contribution in [0.3, 0.4) is 0 Å². The van der Waals surface area contributed by atoms with Gasteiger partial charge in [-0.25, -0.2) is 4.98 Å². The normalized spacial score (nSPS) is 10.8. The molecule has 0 aliphatic carbocycles. The molecule has 2 heterocycles. The number of fused-ring (bicyclic) bond motifs is 1. The number of hydrogen-bond donors (Lipinski definition) is 0. The van der Waals surface area contributed by atoms with Gasteiger partial charge in [0.05, 0.1) is 11.2 Å². The van der Waals surface area contributed by atoms with Gasteiger partial charge in [0.1, 0.15) is 5.15 Å². The minimum Gasteiger partial charge on any atom is -0.254 e. The van der Waals surface area contributed by atoms with E-state index in [1.165, 1.54) is 0 Å². The Hall–Kier alpha value is -2.71. The van der Waals surface area contributed by atoms with Gasteiger partial charge in [-0.05, 0) is 23.3 Å². The summed E-state index contributed by atoms with van der Waals surface area (Å²) < 4.78 is 0. The molecule has 0 N–H and O–H groups in total. The van der Waals surface area contributed by atoms with Crippen LogP contribution < -0.4 is 0 Å². The summed E-state index contributed by atoms with van der Waals surface area (Å²) in [6.45, 7) is 0. The Bertz CT molecular complexity index is 967. The van der Waals surface area contributed by atoms with Gasteiger partial charge in [-0.15, -0.1) is 0 Å². The van der Waals surface area contributed by atoms with E-state index in [2.05, 4.69) is 22.1 Å². The summed E-state index contributed by atoms with van der Waals surface area (Å²) in [5.41, 5.74) is 4.90. The van der Waals surface area contributed by atoms with E-state index in [9.17, 15) is 0 Å². The molecule has 0 fully saturated rings. The van der Waals surface area contributed by atoms with Crippen molar-refractivity contribution in [3.8, 4) is 22.4 Å². The standard InChI is InChI=1S/C20H13ClN2/c21-18-13-17(14-7-3-1-4-8-14)16-11-12-22-19(20(16)23-18)15-9-5-2-6-10-15/h1-13H. The van der Waals surface area contributed by atoms with Gasteiger partial charge < -0.3 is 0 Å². The molecule has 3 heteroatoms. The van der Waals surface area contributed by atoms with E-state index in [0.29, 0.717) is 5.15 Å². The molecule has 2 aromatic carbocycles. The van der Waals surface area contributed by atoms with Crippen LogP contribution in [0.5, 0.6) is 0 Å². The second-order valence-electron chi connectivity index (χ2n) is 5.28. The predicted molar refractivity (Wildman–Crippen MR) is 95.4 cm³/mol. The van der Waals surface area contributed by atoms with Crippen molar-refractivity contribution in [2.24, 2.45) is 0 Å². The highest BCUT2D eigenvalue weighted by molar-refractivity contribution is 6.30. The Kier molecular flexibility index (Phi) is 3.52. The lowest BCUT2D eigenvalue weighted by Gasteiger charge is -2.10. The lowest BCUT2D eigenvalue weighted by molar-refractivity contribution is 1.31. The zero-order chi connectivity index (χ0) is 15.6. The third kappa shape index (κ3) is 2.58. The molecule has 2 nitrogen and oxygen atoms in total. The Morgan fingerprint density at radius 3 is 2.09 bits per heavy atom. The van der Waals surface area contributed by atoms with Crippen LogP contribution in [0.1, 0.15) is 0 Å². The van der Waals surface area contributed by atoms with E-state index < -0.39 is 0 Å². The largest absolute Gasteiger partial charge is 0.254 e. The third-order valence-electron chi connectivity index (χ3n) is 3.83. The molecular weight excluding hydrogens is 304 g/mol. The number of benzene rings is 2. The molecule has 110 valence electrons. The first-order valence-corrected chi connectivity index (χ1v) is 7.77. The highest BCUT2D eigenvalue weighted by atomic mass is 35.5. The molecule has 0 bridgehead atoms. The van der Waals surface area contributed by atoms with E-state index in [-0.39, 0.29) is 0 Å². The van der Waals surface area contributed by atoms with Crippen LogP contribution in [0.25, 0.3) is 33.3 Å². The molecule has 4 aromatic rings. The molecule has 0 saturated carbocycles. The highest BCUT2D eigenvalue weighted by Gasteiger charge is 2.12. The van der Waals surface area contributed by atoms with Gasteiger partial charge in [0.15, 0.2) is 0 Å². The second-order valence-corrected chi connectivity index (χ2v) is 5.67. The van der Waals surface area contributed by atoms with Gasteiger partial charge in [0.25, 0.3) is 0 Å². The maximum Gasteiger partial charge on any atom is 0.130 e. The summed E-state index contributed by atoms with van der Waals surface area (Å²) >= 11 is 6.29. The van der Waals surface area contributed by atoms with Crippen LogP contribution >= 0.6 is 11.6 Å². The fourth-order valence-electron chi connectivity index (χ4n) is 2.78. The van der Waals surface area contributed by atoms with Gasteiger partial charge >= 0.3 is 0 Å². The first-order valence-electron chi connectivity index (χ1n) is 7.39. The van der Waals surface area contributed by atoms with Gasteiger partial charge in [0, 0.05) is 17.1 Å². The number of nitrogens with zero attached hydrogens (tertiary/aromatic N) is 2. The van der Waals surface area contributed by atoms with Crippen LogP contribution in [0.4, 0.5) is 0 Å². The average Bonchev–Trinajstić information content (AvgIpc) is 2.62. The van der Waals surface area contributed by atoms with Crippen molar-refractivity contribution in [2.45, 2.75) is 0 Å². The van der Waals surface area contributed by atoms with E-state index in [0.717, 1.165) is 33.3 Å². The van der Waals surface area contributed by atoms with Gasteiger partial charge in [0.2, 0.25) is 0 Å². The zero-order valence-electron chi connectivity index (χ0n) is 12.3. The number of hydrogen-bond acceptors (Lipinski definition) is 2. The smallest absolute Gasteiger partial charge is 0.130 e. The van der Waals surface area contributed by atoms with Crippen LogP contribution in [0, 0.1) is 0 Å². The molecule has 0 atom stereocenters. The Balaban J connectivity index is 2.05. The Morgan fingerprint density at radius 1 is 0.739 bits per heavy atom. The average molecular weight is 317 g/mol. The SMILES string of the molecule is Clc1cc(-c2ccccc2)c2ccnc(-c3ccccc3)c2n1. The zero-order valence-corrected chi connectivity index (χ0v) is 13.0. The molecule has 4 rings (SSSR count). The van der Waals surface area contributed by atoms with Crippen molar-refractivity contribution in [2.75, 3.05) is 0 Å². The van der Waals surface area contributed by atoms with Crippen molar-refractivity contribution >= 4 is 22.5 Å². The van der Waals surface area contributed by atoms with Crippen LogP contribution in [-0.2, 0) is 0 Å². The molecular formula is C20H13ClN2. The van der Waals surface area contributed by atoms with Crippen molar-refractivity contribution in [3.05, 3.63) is 84.1 Å². The number of aromatic nitrogens is 2. The van der Waals surface area contributed by atoms with Gasteiger partial charge in [-0.3, -0.25) is 4.98 Å². The van der Waals surface area contributed by atoms with E-state index in [4.69, 9.17) is 11.6 Å². The molecule has 0 aliphatic heterocycles. The lowest BCUT2D eigenvalue weighted by atomic mass is 10.00. The first kappa shape index (κ1) is 13.9. The van der Waals surface area contributed by atoms with Crippen LogP contribution in [0.15, 0.2) is 79.0 Å². The quantitative estimate of drug-likeness (QED) is 0.449. The molecule has 0 amide bonds. The monoisotopic (exact) mass is 316 g/mol. The summed E-state index contributed by atoms with van der Waals surface area (Å²) in [7, 11) is 0. The molecule has 0 spiro atoms. The minimum absolute atomic E-state index is 0.474.